The Morgan fingerprint density at radius 1 is 0.537 bits per heavy atom. The first-order valence-corrected chi connectivity index (χ1v) is 33.6. The number of benzene rings is 2. The van der Waals surface area contributed by atoms with E-state index in [0.29, 0.717) is 55.4 Å². The topological polar surface area (TPSA) is 519 Å². The van der Waals surface area contributed by atoms with E-state index in [2.05, 4.69) is 47.5 Å². The number of nitrogens with zero attached hydrogens (tertiary/aromatic N) is 3. The van der Waals surface area contributed by atoms with Crippen molar-refractivity contribution >= 4 is 94.5 Å². The molecule has 10 atom stereocenters. The van der Waals surface area contributed by atoms with Crippen molar-refractivity contribution in [3.05, 3.63) is 71.8 Å². The highest BCUT2D eigenvalue weighted by Gasteiger charge is 2.42. The van der Waals surface area contributed by atoms with Crippen molar-refractivity contribution in [2.45, 2.75) is 183 Å². The zero-order valence-corrected chi connectivity index (χ0v) is 55.3. The van der Waals surface area contributed by atoms with Crippen LogP contribution in [0.4, 0.5) is 0 Å². The highest BCUT2D eigenvalue weighted by Crippen LogP contribution is 2.24. The number of amides is 13. The first-order valence-electron chi connectivity index (χ1n) is 32.2. The van der Waals surface area contributed by atoms with Gasteiger partial charge in [0.1, 0.15) is 54.4 Å². The second-order valence-electron chi connectivity index (χ2n) is 24.1. The Morgan fingerprint density at radius 3 is 1.51 bits per heavy atom. The molecule has 0 bridgehead atoms. The van der Waals surface area contributed by atoms with Gasteiger partial charge in [0.15, 0.2) is 5.96 Å². The van der Waals surface area contributed by atoms with Crippen molar-refractivity contribution in [1.29, 1.82) is 0 Å². The number of nitrogens with one attached hydrogen (secondary N) is 8. The van der Waals surface area contributed by atoms with Crippen molar-refractivity contribution in [3.8, 4) is 0 Å². The number of hydrogen-bond acceptors (Lipinski definition) is 17. The van der Waals surface area contributed by atoms with Gasteiger partial charge in [-0.15, -0.1) is 0 Å². The number of likely N-dealkylation sites (tertiary alicyclic amines) is 2. The molecule has 0 radical (unpaired) electrons. The molecule has 0 spiro atoms. The number of hydrogen-bond donors (Lipinski definition) is 15. The summed E-state index contributed by atoms with van der Waals surface area (Å²) in [6.07, 6.45) is 3.12. The molecule has 2 aliphatic heterocycles. The molecular weight excluding hydrogens is 1250 g/mol. The Labute approximate surface area is 558 Å². The van der Waals surface area contributed by atoms with Gasteiger partial charge in [-0.1, -0.05) is 74.5 Å². The third-order valence-electron chi connectivity index (χ3n) is 16.0. The minimum Gasteiger partial charge on any atom is -0.370 e. The molecule has 2 aliphatic rings. The molecule has 31 nitrogen and oxygen atoms in total. The molecule has 524 valence electrons. The lowest BCUT2D eigenvalue weighted by atomic mass is 10.0. The molecule has 4 rings (SSSR count). The van der Waals surface area contributed by atoms with E-state index in [0.717, 1.165) is 0 Å². The quantitative estimate of drug-likeness (QED) is 0.0173. The van der Waals surface area contributed by atoms with Crippen LogP contribution in [-0.2, 0) is 75.2 Å². The van der Waals surface area contributed by atoms with Gasteiger partial charge >= 0.3 is 0 Å². The fourth-order valence-electron chi connectivity index (χ4n) is 11.0. The second-order valence-corrected chi connectivity index (χ2v) is 25.1. The van der Waals surface area contributed by atoms with Crippen LogP contribution in [0.3, 0.4) is 0 Å². The summed E-state index contributed by atoms with van der Waals surface area (Å²) in [5.74, 6) is -9.80. The van der Waals surface area contributed by atoms with E-state index < -0.39 is 169 Å². The van der Waals surface area contributed by atoms with E-state index in [1.807, 2.05) is 20.1 Å². The van der Waals surface area contributed by atoms with E-state index in [4.69, 9.17) is 40.1 Å². The predicted molar refractivity (Wildman–Crippen MR) is 356 cm³/mol. The van der Waals surface area contributed by atoms with Gasteiger partial charge in [0.05, 0.1) is 12.6 Å². The number of primary amides is 3. The van der Waals surface area contributed by atoms with Crippen LogP contribution in [0.1, 0.15) is 121 Å². The van der Waals surface area contributed by atoms with Crippen molar-refractivity contribution < 1.29 is 62.3 Å². The number of rotatable bonds is 42. The third-order valence-corrected chi connectivity index (χ3v) is 16.7. The van der Waals surface area contributed by atoms with Crippen LogP contribution >= 0.6 is 11.8 Å². The number of nitrogens with two attached hydrogens (primary N) is 7. The molecule has 0 aromatic heterocycles. The number of carbonyl (C=O) groups excluding carboxylic acids is 13. The molecule has 13 amide bonds. The zero-order chi connectivity index (χ0) is 70.1. The maximum atomic E-state index is 14.7. The molecule has 2 saturated heterocycles. The van der Waals surface area contributed by atoms with Crippen molar-refractivity contribution in [2.24, 2.45) is 51.0 Å². The molecule has 0 unspecified atom stereocenters. The van der Waals surface area contributed by atoms with Gasteiger partial charge in [0.25, 0.3) is 0 Å². The number of aliphatic imine (C=N–C) groups is 1. The van der Waals surface area contributed by atoms with Crippen molar-refractivity contribution in [3.63, 3.8) is 0 Å². The molecular formula is C63H98N18O13S. The van der Waals surface area contributed by atoms with Gasteiger partial charge in [0, 0.05) is 45.3 Å². The fraction of sp³-hybridized carbons (Fsp3) is 0.587. The summed E-state index contributed by atoms with van der Waals surface area (Å²) in [5.41, 5.74) is 40.6. The number of guanidine groups is 1. The molecule has 2 aromatic carbocycles. The average molecular weight is 1350 g/mol. The number of thioether (sulfide) groups is 1. The summed E-state index contributed by atoms with van der Waals surface area (Å²) in [5, 5.41) is 21.1. The molecule has 22 N–H and O–H groups in total. The first kappa shape index (κ1) is 78.5. The predicted octanol–water partition coefficient (Wildman–Crippen LogP) is -3.71. The van der Waals surface area contributed by atoms with Gasteiger partial charge in [-0.05, 0) is 119 Å². The average Bonchev–Trinajstić information content (AvgIpc) is 1.74. The molecule has 0 saturated carbocycles. The largest absolute Gasteiger partial charge is 0.370 e. The molecule has 32 heteroatoms. The van der Waals surface area contributed by atoms with Crippen LogP contribution in [0, 0.1) is 5.92 Å². The smallest absolute Gasteiger partial charge is 0.245 e. The van der Waals surface area contributed by atoms with Crippen LogP contribution in [0.15, 0.2) is 65.7 Å². The summed E-state index contributed by atoms with van der Waals surface area (Å²) in [4.78, 5) is 185. The zero-order valence-electron chi connectivity index (χ0n) is 54.5. The maximum absolute atomic E-state index is 14.7. The van der Waals surface area contributed by atoms with Crippen LogP contribution in [-0.4, -0.2) is 198 Å². The molecule has 95 heavy (non-hydrogen) atoms. The summed E-state index contributed by atoms with van der Waals surface area (Å²) in [6, 6.07) is 4.51. The molecule has 2 heterocycles. The van der Waals surface area contributed by atoms with Crippen LogP contribution in [0.5, 0.6) is 0 Å². The number of carbonyl (C=O) groups is 13. The normalized spacial score (nSPS) is 16.8. The molecule has 2 aromatic rings. The lowest BCUT2D eigenvalue weighted by Crippen LogP contribution is -2.60. The summed E-state index contributed by atoms with van der Waals surface area (Å²) in [7, 11) is 0. The lowest BCUT2D eigenvalue weighted by molar-refractivity contribution is -0.144. The van der Waals surface area contributed by atoms with E-state index in [1.54, 1.807) is 60.7 Å². The minimum atomic E-state index is -1.64. The lowest BCUT2D eigenvalue weighted by Gasteiger charge is -2.32. The van der Waals surface area contributed by atoms with E-state index in [-0.39, 0.29) is 83.0 Å². The molecule has 0 aliphatic carbocycles. The standard InChI is InChI=1S/C63H98N18O13S/c1-37(2)33-45(57(89)74-41(53(68)85)27-32-95-3)73-52(84)36-72-54(86)46(34-38-15-6-4-7-16-38)78-58(90)47(35-39-17-8-5-9-18-39)79-56(88)42(23-25-50(66)82)75-55(87)43(24-26-51(67)83)76-59(91)49-22-14-31-81(49)62(94)44(20-10-11-28-64)77-60(92)48-21-13-30-80(48)61(93)40(65)19-12-29-71-63(69)70/h4-9,15-18,37,40-49H,10-14,19-36,64-65H2,1-3H3,(H2,66,82)(H2,67,83)(H2,68,85)(H,72,86)(H,73,84)(H,74,89)(H,75,87)(H,76,91)(H,77,92)(H,78,90)(H,79,88)(H4,69,70,71)/t40-,41-,42+,43+,44+,45+,46-,47-,48-,49+/m0/s1. The van der Waals surface area contributed by atoms with Crippen molar-refractivity contribution in [1.82, 2.24) is 52.3 Å². The Hall–Kier alpha value is -8.91. The molecule has 2 fully saturated rings. The van der Waals surface area contributed by atoms with Gasteiger partial charge < -0.3 is 92.5 Å². The van der Waals surface area contributed by atoms with Gasteiger partial charge in [-0.2, -0.15) is 11.8 Å². The maximum Gasteiger partial charge on any atom is 0.245 e. The third kappa shape index (κ3) is 27.5. The SMILES string of the molecule is CSCC[C@H](NC(=O)[C@@H](CC(C)C)NC(=O)CNC(=O)[C@H](Cc1ccccc1)NC(=O)[C@H](Cc1ccccc1)NC(=O)[C@@H](CCC(N)=O)NC(=O)[C@@H](CCC(N)=O)NC(=O)[C@H]1CCCN1C(=O)[C@@H](CCCCN)NC(=O)[C@@H]1CCCN1C(=O)[C@@H](N)CCCN=C(N)N)C(N)=O. The van der Waals surface area contributed by atoms with Crippen LogP contribution in [0.25, 0.3) is 0 Å². The van der Waals surface area contributed by atoms with Gasteiger partial charge in [-0.25, -0.2) is 0 Å². The summed E-state index contributed by atoms with van der Waals surface area (Å²) in [6.45, 7) is 3.86. The Morgan fingerprint density at radius 2 is 1.01 bits per heavy atom. The first-order chi connectivity index (χ1) is 45.2. The van der Waals surface area contributed by atoms with Crippen molar-refractivity contribution in [2.75, 3.05) is 44.7 Å². The van der Waals surface area contributed by atoms with Gasteiger partial charge in [0.2, 0.25) is 76.8 Å². The Kier molecular flexibility index (Phi) is 33.9. The Balaban J connectivity index is 1.56. The van der Waals surface area contributed by atoms with E-state index in [1.165, 1.54) is 21.6 Å². The highest BCUT2D eigenvalue weighted by atomic mass is 32.2. The fourth-order valence-corrected chi connectivity index (χ4v) is 11.5. The summed E-state index contributed by atoms with van der Waals surface area (Å²) >= 11 is 1.45. The minimum absolute atomic E-state index is 0.0736. The number of unbranched alkanes of at least 4 members (excludes halogenated alkanes) is 1. The van der Waals surface area contributed by atoms with Crippen LogP contribution < -0.4 is 82.7 Å². The van der Waals surface area contributed by atoms with Crippen LogP contribution in [0.2, 0.25) is 0 Å². The second kappa shape index (κ2) is 41.0. The highest BCUT2D eigenvalue weighted by molar-refractivity contribution is 7.98. The Bertz CT molecular complexity index is 2960. The van der Waals surface area contributed by atoms with E-state index >= 15 is 0 Å². The van der Waals surface area contributed by atoms with Gasteiger partial charge in [-0.3, -0.25) is 67.3 Å². The summed E-state index contributed by atoms with van der Waals surface area (Å²) < 4.78 is 0. The monoisotopic (exact) mass is 1350 g/mol. The van der Waals surface area contributed by atoms with E-state index in [9.17, 15) is 62.3 Å².